The van der Waals surface area contributed by atoms with Crippen LogP contribution in [0, 0.1) is 6.92 Å². The van der Waals surface area contributed by atoms with E-state index in [2.05, 4.69) is 10.3 Å². The summed E-state index contributed by atoms with van der Waals surface area (Å²) >= 11 is 0. The molecule has 0 aliphatic rings. The molecule has 78 valence electrons. The molecule has 14 heavy (non-hydrogen) atoms. The van der Waals surface area contributed by atoms with Crippen molar-refractivity contribution in [2.45, 2.75) is 19.1 Å². The summed E-state index contributed by atoms with van der Waals surface area (Å²) in [6, 6.07) is 5.37. The third-order valence-electron chi connectivity index (χ3n) is 1.99. The molecule has 0 amide bonds. The number of likely N-dealkylation sites (N-methyl/N-ethyl adjacent to an activating group) is 1. The Labute approximate surface area is 83.6 Å². The molecule has 2 atom stereocenters. The fourth-order valence-corrected chi connectivity index (χ4v) is 1.25. The first-order valence-electron chi connectivity index (χ1n) is 4.59. The molecule has 0 aliphatic carbocycles. The summed E-state index contributed by atoms with van der Waals surface area (Å²) in [5, 5.41) is 22.0. The van der Waals surface area contributed by atoms with Gasteiger partial charge in [0.2, 0.25) is 0 Å². The number of aryl methyl sites for hydroxylation is 1. The van der Waals surface area contributed by atoms with E-state index in [4.69, 9.17) is 0 Å². The molecule has 4 heteroatoms. The summed E-state index contributed by atoms with van der Waals surface area (Å²) in [7, 11) is 1.72. The lowest BCUT2D eigenvalue weighted by atomic mass is 10.1. The van der Waals surface area contributed by atoms with Crippen LogP contribution in [0.4, 0.5) is 0 Å². The van der Waals surface area contributed by atoms with E-state index in [9.17, 15) is 10.2 Å². The average Bonchev–Trinajstić information content (AvgIpc) is 2.17. The second-order valence-electron chi connectivity index (χ2n) is 3.27. The summed E-state index contributed by atoms with van der Waals surface area (Å²) in [5.74, 6) is 0. The van der Waals surface area contributed by atoms with Gasteiger partial charge in [-0.15, -0.1) is 0 Å². The van der Waals surface area contributed by atoms with Crippen molar-refractivity contribution in [2.75, 3.05) is 13.6 Å². The quantitative estimate of drug-likeness (QED) is 0.634. The Kier molecular flexibility index (Phi) is 4.00. The van der Waals surface area contributed by atoms with Crippen LogP contribution in [-0.2, 0) is 0 Å². The van der Waals surface area contributed by atoms with E-state index in [0.29, 0.717) is 12.2 Å². The van der Waals surface area contributed by atoms with Gasteiger partial charge in [0.15, 0.2) is 0 Å². The first kappa shape index (κ1) is 11.1. The normalized spacial score (nSPS) is 15.1. The van der Waals surface area contributed by atoms with Crippen molar-refractivity contribution >= 4 is 0 Å². The monoisotopic (exact) mass is 196 g/mol. The minimum absolute atomic E-state index is 0.344. The van der Waals surface area contributed by atoms with Gasteiger partial charge in [-0.3, -0.25) is 4.98 Å². The van der Waals surface area contributed by atoms with Gasteiger partial charge < -0.3 is 15.5 Å². The van der Waals surface area contributed by atoms with E-state index in [-0.39, 0.29) is 0 Å². The highest BCUT2D eigenvalue weighted by Gasteiger charge is 2.18. The molecular weight excluding hydrogens is 180 g/mol. The maximum atomic E-state index is 9.69. The molecule has 0 saturated heterocycles. The summed E-state index contributed by atoms with van der Waals surface area (Å²) in [5.41, 5.74) is 1.34. The Morgan fingerprint density at radius 3 is 2.71 bits per heavy atom. The van der Waals surface area contributed by atoms with Crippen molar-refractivity contribution in [2.24, 2.45) is 0 Å². The standard InChI is InChI=1S/C10H16N2O2/c1-7-4-3-5-8(12-7)10(14)9(13)6-11-2/h3-5,9-11,13-14H,6H2,1-2H3. The van der Waals surface area contributed by atoms with Gasteiger partial charge in [0.1, 0.15) is 6.10 Å². The lowest BCUT2D eigenvalue weighted by Gasteiger charge is -2.16. The van der Waals surface area contributed by atoms with Crippen molar-refractivity contribution in [1.29, 1.82) is 0 Å². The molecule has 1 aromatic heterocycles. The van der Waals surface area contributed by atoms with Crippen molar-refractivity contribution in [1.82, 2.24) is 10.3 Å². The maximum absolute atomic E-state index is 9.69. The lowest BCUT2D eigenvalue weighted by Crippen LogP contribution is -2.30. The van der Waals surface area contributed by atoms with E-state index in [1.807, 2.05) is 19.1 Å². The van der Waals surface area contributed by atoms with Crippen LogP contribution in [0.2, 0.25) is 0 Å². The molecule has 3 N–H and O–H groups in total. The number of hydrogen-bond acceptors (Lipinski definition) is 4. The van der Waals surface area contributed by atoms with Crippen LogP contribution in [0.1, 0.15) is 17.5 Å². The molecule has 0 bridgehead atoms. The number of rotatable bonds is 4. The molecule has 1 aromatic rings. The van der Waals surface area contributed by atoms with Gasteiger partial charge in [-0.1, -0.05) is 6.07 Å². The van der Waals surface area contributed by atoms with Crippen LogP contribution in [0.15, 0.2) is 18.2 Å². The summed E-state index contributed by atoms with van der Waals surface area (Å²) in [6.07, 6.45) is -1.75. The molecule has 0 saturated carbocycles. The van der Waals surface area contributed by atoms with E-state index in [0.717, 1.165) is 5.69 Å². The summed E-state index contributed by atoms with van der Waals surface area (Å²) < 4.78 is 0. The molecule has 0 spiro atoms. The van der Waals surface area contributed by atoms with E-state index in [1.165, 1.54) is 0 Å². The zero-order valence-corrected chi connectivity index (χ0v) is 8.44. The summed E-state index contributed by atoms with van der Waals surface area (Å²) in [4.78, 5) is 4.14. The zero-order chi connectivity index (χ0) is 10.6. The molecule has 0 fully saturated rings. The third-order valence-corrected chi connectivity index (χ3v) is 1.99. The molecule has 4 nitrogen and oxygen atoms in total. The Morgan fingerprint density at radius 2 is 2.14 bits per heavy atom. The van der Waals surface area contributed by atoms with Crippen LogP contribution in [-0.4, -0.2) is 34.9 Å². The highest BCUT2D eigenvalue weighted by Crippen LogP contribution is 2.14. The number of pyridine rings is 1. The van der Waals surface area contributed by atoms with Crippen molar-refractivity contribution in [3.05, 3.63) is 29.6 Å². The fourth-order valence-electron chi connectivity index (χ4n) is 1.25. The largest absolute Gasteiger partial charge is 0.389 e. The second kappa shape index (κ2) is 5.05. The predicted molar refractivity (Wildman–Crippen MR) is 53.9 cm³/mol. The Balaban J connectivity index is 2.73. The maximum Gasteiger partial charge on any atom is 0.123 e. The topological polar surface area (TPSA) is 65.4 Å². The van der Waals surface area contributed by atoms with Gasteiger partial charge in [-0.05, 0) is 26.1 Å². The highest BCUT2D eigenvalue weighted by molar-refractivity contribution is 5.13. The van der Waals surface area contributed by atoms with Gasteiger partial charge in [0.25, 0.3) is 0 Å². The predicted octanol–water partition coefficient (Wildman–Crippen LogP) is 0.00372. The van der Waals surface area contributed by atoms with Gasteiger partial charge in [0.05, 0.1) is 11.8 Å². The van der Waals surface area contributed by atoms with Crippen LogP contribution in [0.5, 0.6) is 0 Å². The van der Waals surface area contributed by atoms with Gasteiger partial charge in [-0.25, -0.2) is 0 Å². The minimum atomic E-state index is -0.928. The molecular formula is C10H16N2O2. The van der Waals surface area contributed by atoms with Gasteiger partial charge >= 0.3 is 0 Å². The van der Waals surface area contributed by atoms with E-state index < -0.39 is 12.2 Å². The number of aromatic nitrogens is 1. The van der Waals surface area contributed by atoms with Crippen LogP contribution in [0.3, 0.4) is 0 Å². The number of aliphatic hydroxyl groups excluding tert-OH is 2. The highest BCUT2D eigenvalue weighted by atomic mass is 16.3. The van der Waals surface area contributed by atoms with Gasteiger partial charge in [-0.2, -0.15) is 0 Å². The first-order chi connectivity index (χ1) is 6.65. The van der Waals surface area contributed by atoms with Crippen molar-refractivity contribution < 1.29 is 10.2 Å². The van der Waals surface area contributed by atoms with Crippen molar-refractivity contribution in [3.8, 4) is 0 Å². The molecule has 1 heterocycles. The number of nitrogens with zero attached hydrogens (tertiary/aromatic N) is 1. The Bertz CT molecular complexity index is 291. The first-order valence-corrected chi connectivity index (χ1v) is 4.59. The average molecular weight is 196 g/mol. The fraction of sp³-hybridized carbons (Fsp3) is 0.500. The lowest BCUT2D eigenvalue weighted by molar-refractivity contribution is 0.0176. The van der Waals surface area contributed by atoms with Crippen molar-refractivity contribution in [3.63, 3.8) is 0 Å². The van der Waals surface area contributed by atoms with E-state index in [1.54, 1.807) is 13.1 Å². The van der Waals surface area contributed by atoms with Gasteiger partial charge in [0, 0.05) is 12.2 Å². The van der Waals surface area contributed by atoms with Crippen LogP contribution < -0.4 is 5.32 Å². The molecule has 2 unspecified atom stereocenters. The minimum Gasteiger partial charge on any atom is -0.389 e. The summed E-state index contributed by atoms with van der Waals surface area (Å²) in [6.45, 7) is 2.19. The third kappa shape index (κ3) is 2.77. The number of nitrogens with one attached hydrogen (secondary N) is 1. The Hall–Kier alpha value is -0.970. The molecule has 0 radical (unpaired) electrons. The van der Waals surface area contributed by atoms with E-state index >= 15 is 0 Å². The second-order valence-corrected chi connectivity index (χ2v) is 3.27. The number of aliphatic hydroxyl groups is 2. The van der Waals surface area contributed by atoms with Crippen LogP contribution in [0.25, 0.3) is 0 Å². The Morgan fingerprint density at radius 1 is 1.43 bits per heavy atom. The number of hydrogen-bond donors (Lipinski definition) is 3. The zero-order valence-electron chi connectivity index (χ0n) is 8.44. The van der Waals surface area contributed by atoms with Crippen LogP contribution >= 0.6 is 0 Å². The molecule has 0 aromatic carbocycles. The SMILES string of the molecule is CNCC(O)C(O)c1cccc(C)n1. The molecule has 0 aliphatic heterocycles. The smallest absolute Gasteiger partial charge is 0.123 e. The molecule has 1 rings (SSSR count).